The molecule has 0 aliphatic carbocycles. The Kier molecular flexibility index (Phi) is 5.40. The van der Waals surface area contributed by atoms with Crippen LogP contribution in [-0.2, 0) is 10.0 Å². The number of carbonyl (C=O) groups excluding carboxylic acids is 1. The number of amides is 1. The van der Waals surface area contributed by atoms with Gasteiger partial charge in [-0.25, -0.2) is 8.42 Å². The van der Waals surface area contributed by atoms with E-state index in [0.717, 1.165) is 5.75 Å². The molecule has 0 N–H and O–H groups in total. The van der Waals surface area contributed by atoms with Crippen LogP contribution in [0.3, 0.4) is 0 Å². The van der Waals surface area contributed by atoms with E-state index < -0.39 is 14.9 Å². The van der Waals surface area contributed by atoms with Gasteiger partial charge in [-0.2, -0.15) is 4.31 Å². The number of thioether (sulfide) groups is 1. The quantitative estimate of drug-likeness (QED) is 0.521. The van der Waals surface area contributed by atoms with Gasteiger partial charge in [0.05, 0.1) is 19.6 Å². The van der Waals surface area contributed by atoms with Crippen molar-refractivity contribution in [3.63, 3.8) is 0 Å². The van der Waals surface area contributed by atoms with Crippen LogP contribution < -0.4 is 0 Å². The maximum absolute atomic E-state index is 12.9. The predicted octanol–water partition coefficient (Wildman–Crippen LogP) is 3.03. The maximum atomic E-state index is 12.9. The third-order valence-electron chi connectivity index (χ3n) is 5.34. The largest absolute Gasteiger partial charge is 0.322 e. The van der Waals surface area contributed by atoms with Gasteiger partial charge in [0.2, 0.25) is 10.0 Å². The summed E-state index contributed by atoms with van der Waals surface area (Å²) in [7, 11) is -3.73. The standard InChI is InChI=1S/C18H19N3O5S3/c22-17(16-2-1-12-27-16)20-11-13-28-18(20)7-9-19(10-8-18)29(25,26)15-5-3-14(4-6-15)21(23)24/h1-6,12H,7-11,13H2. The Hall–Kier alpha value is -1.95. The smallest absolute Gasteiger partial charge is 0.269 e. The minimum absolute atomic E-state index is 0.0108. The van der Waals surface area contributed by atoms with Crippen molar-refractivity contribution in [2.24, 2.45) is 0 Å². The van der Waals surface area contributed by atoms with E-state index in [1.54, 1.807) is 11.8 Å². The van der Waals surface area contributed by atoms with Gasteiger partial charge in [-0.15, -0.1) is 23.1 Å². The van der Waals surface area contributed by atoms with E-state index in [0.29, 0.717) is 37.4 Å². The molecular weight excluding hydrogens is 434 g/mol. The van der Waals surface area contributed by atoms with Crippen LogP contribution in [0.4, 0.5) is 5.69 Å². The molecule has 29 heavy (non-hydrogen) atoms. The van der Waals surface area contributed by atoms with Crippen molar-refractivity contribution in [3.8, 4) is 0 Å². The van der Waals surface area contributed by atoms with E-state index in [-0.39, 0.29) is 21.4 Å². The molecule has 2 aromatic rings. The Morgan fingerprint density at radius 2 is 1.79 bits per heavy atom. The fourth-order valence-electron chi connectivity index (χ4n) is 3.81. The summed E-state index contributed by atoms with van der Waals surface area (Å²) in [5.41, 5.74) is -0.147. The average molecular weight is 454 g/mol. The monoisotopic (exact) mass is 453 g/mol. The number of rotatable bonds is 4. The molecule has 0 unspecified atom stereocenters. The third-order valence-corrected chi connectivity index (χ3v) is 9.67. The lowest BCUT2D eigenvalue weighted by Crippen LogP contribution is -2.53. The zero-order chi connectivity index (χ0) is 20.6. The molecule has 2 aliphatic rings. The molecule has 2 aliphatic heterocycles. The number of nitro groups is 1. The van der Waals surface area contributed by atoms with Crippen molar-refractivity contribution < 1.29 is 18.1 Å². The zero-order valence-corrected chi connectivity index (χ0v) is 17.8. The molecule has 2 fully saturated rings. The molecule has 0 radical (unpaired) electrons. The van der Waals surface area contributed by atoms with Crippen LogP contribution in [0, 0.1) is 10.1 Å². The molecule has 0 saturated carbocycles. The second kappa shape index (κ2) is 7.71. The third kappa shape index (κ3) is 3.67. The summed E-state index contributed by atoms with van der Waals surface area (Å²) in [6, 6.07) is 8.62. The first-order chi connectivity index (χ1) is 13.8. The summed E-state index contributed by atoms with van der Waals surface area (Å²) in [5, 5.41) is 12.7. The van der Waals surface area contributed by atoms with E-state index in [9.17, 15) is 23.3 Å². The van der Waals surface area contributed by atoms with Crippen molar-refractivity contribution in [3.05, 3.63) is 56.8 Å². The maximum Gasteiger partial charge on any atom is 0.269 e. The van der Waals surface area contributed by atoms with Crippen LogP contribution in [-0.4, -0.2) is 58.7 Å². The van der Waals surface area contributed by atoms with Crippen molar-refractivity contribution >= 4 is 44.7 Å². The second-order valence-corrected chi connectivity index (χ2v) is 11.2. The van der Waals surface area contributed by atoms with Gasteiger partial charge in [0.15, 0.2) is 0 Å². The van der Waals surface area contributed by atoms with Gasteiger partial charge in [0, 0.05) is 37.5 Å². The summed E-state index contributed by atoms with van der Waals surface area (Å²) < 4.78 is 27.3. The number of carbonyl (C=O) groups is 1. The lowest BCUT2D eigenvalue weighted by Gasteiger charge is -2.43. The summed E-state index contributed by atoms with van der Waals surface area (Å²) in [6.07, 6.45) is 1.11. The highest BCUT2D eigenvalue weighted by Gasteiger charge is 2.48. The molecule has 1 spiro atoms. The molecular formula is C18H19N3O5S3. The molecule has 0 atom stereocenters. The fourth-order valence-corrected chi connectivity index (χ4v) is 7.38. The van der Waals surface area contributed by atoms with Crippen LogP contribution >= 0.6 is 23.1 Å². The molecule has 154 valence electrons. The van der Waals surface area contributed by atoms with Crippen LogP contribution in [0.25, 0.3) is 0 Å². The number of hydrogen-bond acceptors (Lipinski definition) is 7. The highest BCUT2D eigenvalue weighted by Crippen LogP contribution is 2.45. The topological polar surface area (TPSA) is 101 Å². The molecule has 1 amide bonds. The van der Waals surface area contributed by atoms with E-state index in [4.69, 9.17) is 0 Å². The Balaban J connectivity index is 1.49. The molecule has 0 bridgehead atoms. The van der Waals surface area contributed by atoms with Crippen molar-refractivity contribution in [2.45, 2.75) is 22.6 Å². The molecule has 8 nitrogen and oxygen atoms in total. The Morgan fingerprint density at radius 3 is 2.38 bits per heavy atom. The van der Waals surface area contributed by atoms with Gasteiger partial charge in [-0.3, -0.25) is 14.9 Å². The lowest BCUT2D eigenvalue weighted by molar-refractivity contribution is -0.384. The molecule has 1 aromatic heterocycles. The molecule has 1 aromatic carbocycles. The van der Waals surface area contributed by atoms with Crippen molar-refractivity contribution in [1.82, 2.24) is 9.21 Å². The first-order valence-corrected chi connectivity index (χ1v) is 12.4. The molecule has 11 heteroatoms. The number of non-ortho nitro benzene ring substituents is 1. The van der Waals surface area contributed by atoms with Crippen LogP contribution in [0.5, 0.6) is 0 Å². The number of nitrogens with zero attached hydrogens (tertiary/aromatic N) is 3. The first-order valence-electron chi connectivity index (χ1n) is 9.08. The minimum Gasteiger partial charge on any atom is -0.322 e. The fraction of sp³-hybridized carbons (Fsp3) is 0.389. The van der Waals surface area contributed by atoms with Crippen molar-refractivity contribution in [1.29, 1.82) is 0 Å². The number of benzene rings is 1. The Morgan fingerprint density at radius 1 is 1.10 bits per heavy atom. The number of nitro benzene ring substituents is 1. The van der Waals surface area contributed by atoms with Gasteiger partial charge < -0.3 is 4.90 Å². The van der Waals surface area contributed by atoms with E-state index in [1.807, 2.05) is 22.4 Å². The predicted molar refractivity (Wildman–Crippen MR) is 112 cm³/mol. The minimum atomic E-state index is -3.73. The van der Waals surface area contributed by atoms with Crippen molar-refractivity contribution in [2.75, 3.05) is 25.4 Å². The lowest BCUT2D eigenvalue weighted by atomic mass is 10.0. The normalized spacial score (nSPS) is 19.5. The average Bonchev–Trinajstić information content (AvgIpc) is 3.39. The number of sulfonamides is 1. The second-order valence-electron chi connectivity index (χ2n) is 6.88. The summed E-state index contributed by atoms with van der Waals surface area (Å²) >= 11 is 3.14. The Bertz CT molecular complexity index is 1010. The SMILES string of the molecule is O=C(c1cccs1)N1CCSC12CCN(S(=O)(=O)c1ccc([N+](=O)[O-])cc1)CC2. The molecule has 3 heterocycles. The van der Waals surface area contributed by atoms with Crippen LogP contribution in [0.2, 0.25) is 0 Å². The van der Waals surface area contributed by atoms with Gasteiger partial charge in [0.1, 0.15) is 0 Å². The van der Waals surface area contributed by atoms with Crippen LogP contribution in [0.1, 0.15) is 22.5 Å². The van der Waals surface area contributed by atoms with Gasteiger partial charge in [-0.1, -0.05) is 6.07 Å². The summed E-state index contributed by atoms with van der Waals surface area (Å²) in [6.45, 7) is 1.28. The van der Waals surface area contributed by atoms with E-state index >= 15 is 0 Å². The van der Waals surface area contributed by atoms with E-state index in [2.05, 4.69) is 0 Å². The van der Waals surface area contributed by atoms with Crippen LogP contribution in [0.15, 0.2) is 46.7 Å². The highest BCUT2D eigenvalue weighted by molar-refractivity contribution is 8.00. The molecule has 4 rings (SSSR count). The number of piperidine rings is 1. The van der Waals surface area contributed by atoms with Gasteiger partial charge >= 0.3 is 0 Å². The summed E-state index contributed by atoms with van der Waals surface area (Å²) in [4.78, 5) is 25.4. The Labute approximate surface area is 176 Å². The van der Waals surface area contributed by atoms with E-state index in [1.165, 1.54) is 39.9 Å². The summed E-state index contributed by atoms with van der Waals surface area (Å²) in [5.74, 6) is 0.850. The zero-order valence-electron chi connectivity index (χ0n) is 15.4. The van der Waals surface area contributed by atoms with Gasteiger partial charge in [-0.05, 0) is 36.4 Å². The number of hydrogen-bond donors (Lipinski definition) is 0. The highest BCUT2D eigenvalue weighted by atomic mass is 32.2. The first kappa shape index (κ1) is 20.3. The molecule has 2 saturated heterocycles. The van der Waals surface area contributed by atoms with Gasteiger partial charge in [0.25, 0.3) is 11.6 Å². The number of thiophene rings is 1.